The van der Waals surface area contributed by atoms with E-state index in [0.717, 1.165) is 5.56 Å². The van der Waals surface area contributed by atoms with Crippen molar-refractivity contribution >= 4 is 17.3 Å². The number of Topliss-reactive ketones (excluding diaryl/α,β-unsaturated/α-hetero) is 1. The molecule has 3 aromatic carbocycles. The summed E-state index contributed by atoms with van der Waals surface area (Å²) in [4.78, 5) is 25.9. The number of fused-ring (bicyclic) bond motifs is 1. The third-order valence-corrected chi connectivity index (χ3v) is 5.01. The molecule has 0 atom stereocenters. The van der Waals surface area contributed by atoms with Gasteiger partial charge in [-0.25, -0.2) is 4.79 Å². The Morgan fingerprint density at radius 2 is 1.68 bits per heavy atom. The zero-order valence-electron chi connectivity index (χ0n) is 16.8. The van der Waals surface area contributed by atoms with Crippen molar-refractivity contribution in [3.63, 3.8) is 0 Å². The van der Waals surface area contributed by atoms with Crippen LogP contribution in [0, 0.1) is 0 Å². The van der Waals surface area contributed by atoms with Crippen LogP contribution in [-0.2, 0) is 11.2 Å². The van der Waals surface area contributed by atoms with E-state index in [4.69, 9.17) is 14.2 Å². The Morgan fingerprint density at radius 3 is 2.42 bits per heavy atom. The molecule has 0 amide bonds. The molecule has 0 saturated carbocycles. The molecular formula is C25H20O6. The van der Waals surface area contributed by atoms with Crippen molar-refractivity contribution in [1.82, 2.24) is 0 Å². The highest BCUT2D eigenvalue weighted by Gasteiger charge is 2.26. The third-order valence-electron chi connectivity index (χ3n) is 5.01. The maximum atomic E-state index is 13.5. The molecule has 0 fully saturated rings. The highest BCUT2D eigenvalue weighted by atomic mass is 16.7. The van der Waals surface area contributed by atoms with Gasteiger partial charge in [-0.2, -0.15) is 0 Å². The van der Waals surface area contributed by atoms with Gasteiger partial charge >= 0.3 is 5.97 Å². The molecule has 0 aromatic heterocycles. The smallest absolute Gasteiger partial charge is 0.336 e. The van der Waals surface area contributed by atoms with E-state index in [-0.39, 0.29) is 30.1 Å². The van der Waals surface area contributed by atoms with Gasteiger partial charge in [-0.05, 0) is 35.4 Å². The molecule has 0 saturated heterocycles. The highest BCUT2D eigenvalue weighted by molar-refractivity contribution is 6.26. The number of hydrogen-bond acceptors (Lipinski definition) is 5. The number of carboxylic acids is 1. The van der Waals surface area contributed by atoms with E-state index in [1.807, 2.05) is 30.3 Å². The summed E-state index contributed by atoms with van der Waals surface area (Å²) in [6, 6.07) is 20.8. The van der Waals surface area contributed by atoms with Gasteiger partial charge in [0.1, 0.15) is 5.75 Å². The van der Waals surface area contributed by atoms with Crippen molar-refractivity contribution < 1.29 is 28.9 Å². The number of benzene rings is 3. The fraction of sp³-hybridized carbons (Fsp3) is 0.120. The van der Waals surface area contributed by atoms with Gasteiger partial charge in [0, 0.05) is 17.6 Å². The third kappa shape index (κ3) is 4.28. The molecule has 0 spiro atoms. The lowest BCUT2D eigenvalue weighted by atomic mass is 9.89. The minimum Gasteiger partial charge on any atom is -0.497 e. The minimum atomic E-state index is -1.19. The number of rotatable bonds is 7. The first kappa shape index (κ1) is 20.2. The molecule has 156 valence electrons. The lowest BCUT2D eigenvalue weighted by Crippen LogP contribution is -2.14. The van der Waals surface area contributed by atoms with E-state index < -0.39 is 5.97 Å². The Hall–Kier alpha value is -4.06. The van der Waals surface area contributed by atoms with Gasteiger partial charge in [-0.3, -0.25) is 4.79 Å². The van der Waals surface area contributed by atoms with Crippen LogP contribution in [0.4, 0.5) is 0 Å². The van der Waals surface area contributed by atoms with Crippen LogP contribution in [0.15, 0.2) is 78.4 Å². The van der Waals surface area contributed by atoms with Crippen molar-refractivity contribution in [2.45, 2.75) is 6.42 Å². The average molecular weight is 416 g/mol. The van der Waals surface area contributed by atoms with E-state index in [1.165, 1.54) is 7.11 Å². The summed E-state index contributed by atoms with van der Waals surface area (Å²) in [6.45, 7) is 0.0739. The van der Waals surface area contributed by atoms with Gasteiger partial charge in [0.2, 0.25) is 6.79 Å². The topological polar surface area (TPSA) is 82.1 Å². The maximum absolute atomic E-state index is 13.5. The van der Waals surface area contributed by atoms with Crippen LogP contribution in [0.1, 0.15) is 21.5 Å². The fourth-order valence-electron chi connectivity index (χ4n) is 3.50. The highest BCUT2D eigenvalue weighted by Crippen LogP contribution is 2.36. The van der Waals surface area contributed by atoms with Gasteiger partial charge in [0.15, 0.2) is 17.3 Å². The van der Waals surface area contributed by atoms with Crippen LogP contribution in [0.3, 0.4) is 0 Å². The molecule has 6 heteroatoms. The first-order valence-electron chi connectivity index (χ1n) is 9.66. The molecule has 1 aliphatic heterocycles. The van der Waals surface area contributed by atoms with E-state index in [1.54, 1.807) is 42.5 Å². The lowest BCUT2D eigenvalue weighted by Gasteiger charge is -2.14. The van der Waals surface area contributed by atoms with Gasteiger partial charge in [-0.15, -0.1) is 0 Å². The quantitative estimate of drug-likeness (QED) is 0.454. The molecule has 31 heavy (non-hydrogen) atoms. The number of ether oxygens (including phenoxy) is 3. The predicted octanol–water partition coefficient (Wildman–Crippen LogP) is 4.39. The van der Waals surface area contributed by atoms with Gasteiger partial charge in [0.25, 0.3) is 0 Å². The van der Waals surface area contributed by atoms with E-state index in [0.29, 0.717) is 28.4 Å². The lowest BCUT2D eigenvalue weighted by molar-refractivity contribution is -0.130. The molecule has 0 bridgehead atoms. The Morgan fingerprint density at radius 1 is 0.903 bits per heavy atom. The number of methoxy groups -OCH3 is 1. The average Bonchev–Trinajstić information content (AvgIpc) is 3.27. The molecule has 1 N–H and O–H groups in total. The summed E-state index contributed by atoms with van der Waals surface area (Å²) in [7, 11) is 1.51. The first-order chi connectivity index (χ1) is 15.1. The Labute approximate surface area is 179 Å². The summed E-state index contributed by atoms with van der Waals surface area (Å²) in [5.41, 5.74) is 1.65. The van der Waals surface area contributed by atoms with Crippen LogP contribution in [0.5, 0.6) is 17.2 Å². The summed E-state index contributed by atoms with van der Waals surface area (Å²) < 4.78 is 16.0. The first-order valence-corrected chi connectivity index (χ1v) is 9.66. The zero-order valence-corrected chi connectivity index (χ0v) is 16.8. The molecule has 4 rings (SSSR count). The van der Waals surface area contributed by atoms with Crippen molar-refractivity contribution in [2.24, 2.45) is 0 Å². The number of hydrogen-bond donors (Lipinski definition) is 1. The number of allylic oxidation sites excluding steroid dienone is 1. The van der Waals surface area contributed by atoms with E-state index in [9.17, 15) is 14.7 Å². The van der Waals surface area contributed by atoms with Crippen molar-refractivity contribution in [2.75, 3.05) is 13.9 Å². The summed E-state index contributed by atoms with van der Waals surface area (Å²) >= 11 is 0. The molecule has 0 aliphatic carbocycles. The predicted molar refractivity (Wildman–Crippen MR) is 115 cm³/mol. The standard InChI is InChI=1S/C25H20O6/c1-29-19-9-5-8-18(13-19)24(26)20(12-16-6-3-2-4-7-16)23(25(27)28)17-10-11-21-22(14-17)31-15-30-21/h2-11,13-14H,12,15H2,1H3,(H,27,28)/b23-20-. The molecule has 0 unspecified atom stereocenters. The van der Waals surface area contributed by atoms with Crippen LogP contribution in [0.25, 0.3) is 5.57 Å². The molecule has 3 aromatic rings. The molecular weight excluding hydrogens is 396 g/mol. The van der Waals surface area contributed by atoms with E-state index in [2.05, 4.69) is 0 Å². The molecule has 0 radical (unpaired) electrons. The van der Waals surface area contributed by atoms with Crippen LogP contribution in [0.2, 0.25) is 0 Å². The number of carboxylic acid groups (broad SMARTS) is 1. The van der Waals surface area contributed by atoms with Gasteiger partial charge in [-0.1, -0.05) is 48.5 Å². The Balaban J connectivity index is 1.88. The number of ketones is 1. The summed E-state index contributed by atoms with van der Waals surface area (Å²) in [6.07, 6.45) is 0.160. The van der Waals surface area contributed by atoms with Crippen LogP contribution in [-0.4, -0.2) is 30.8 Å². The summed E-state index contributed by atoms with van der Waals surface area (Å²) in [5.74, 6) is -0.0647. The number of carbonyl (C=O) groups excluding carboxylic acids is 1. The SMILES string of the molecule is COc1cccc(C(=O)/C(Cc2ccccc2)=C(\C(=O)O)c2ccc3c(c2)OCO3)c1. The van der Waals surface area contributed by atoms with Crippen molar-refractivity contribution in [1.29, 1.82) is 0 Å². The Kier molecular flexibility index (Phi) is 5.71. The van der Waals surface area contributed by atoms with Crippen LogP contribution < -0.4 is 14.2 Å². The van der Waals surface area contributed by atoms with Crippen LogP contribution >= 0.6 is 0 Å². The fourth-order valence-corrected chi connectivity index (χ4v) is 3.50. The Bertz CT molecular complexity index is 1160. The zero-order chi connectivity index (χ0) is 21.8. The normalized spacial score (nSPS) is 12.8. The van der Waals surface area contributed by atoms with Gasteiger partial charge < -0.3 is 19.3 Å². The second kappa shape index (κ2) is 8.75. The monoisotopic (exact) mass is 416 g/mol. The summed E-state index contributed by atoms with van der Waals surface area (Å²) in [5, 5.41) is 10.1. The molecule has 6 nitrogen and oxygen atoms in total. The largest absolute Gasteiger partial charge is 0.497 e. The van der Waals surface area contributed by atoms with E-state index >= 15 is 0 Å². The van der Waals surface area contributed by atoms with Gasteiger partial charge in [0.05, 0.1) is 12.7 Å². The van der Waals surface area contributed by atoms with Crippen molar-refractivity contribution in [3.05, 3.63) is 95.1 Å². The second-order valence-corrected chi connectivity index (χ2v) is 6.95. The molecule has 1 heterocycles. The molecule has 1 aliphatic rings. The maximum Gasteiger partial charge on any atom is 0.336 e. The second-order valence-electron chi connectivity index (χ2n) is 6.95. The number of aliphatic carboxylic acids is 1. The van der Waals surface area contributed by atoms with Crippen molar-refractivity contribution in [3.8, 4) is 17.2 Å². The minimum absolute atomic E-state index is 0.0739. The number of carbonyl (C=O) groups is 2.